The molecule has 1 N–H and O–H groups in total. The Morgan fingerprint density at radius 3 is 2.95 bits per heavy atom. The van der Waals surface area contributed by atoms with Crippen molar-refractivity contribution < 1.29 is 4.42 Å². The molecule has 4 heteroatoms. The first kappa shape index (κ1) is 15.5. The van der Waals surface area contributed by atoms with Crippen molar-refractivity contribution in [2.24, 2.45) is 0 Å². The SMILES string of the molecule is CCNCc1oc(CN2CCCC(N(C)C)C2)cc1C. The highest BCUT2D eigenvalue weighted by Crippen LogP contribution is 2.20. The Morgan fingerprint density at radius 2 is 2.25 bits per heavy atom. The second-order valence-electron chi connectivity index (χ2n) is 6.09. The van der Waals surface area contributed by atoms with E-state index in [1.54, 1.807) is 0 Å². The molecule has 1 aliphatic heterocycles. The first-order valence-electron chi connectivity index (χ1n) is 7.77. The fraction of sp³-hybridized carbons (Fsp3) is 0.750. The predicted molar refractivity (Wildman–Crippen MR) is 82.8 cm³/mol. The van der Waals surface area contributed by atoms with E-state index in [2.05, 4.69) is 49.1 Å². The van der Waals surface area contributed by atoms with E-state index in [0.717, 1.165) is 37.7 Å². The zero-order chi connectivity index (χ0) is 14.5. The van der Waals surface area contributed by atoms with Crippen molar-refractivity contribution >= 4 is 0 Å². The number of aryl methyl sites for hydroxylation is 1. The molecule has 4 nitrogen and oxygen atoms in total. The second kappa shape index (κ2) is 7.25. The maximum Gasteiger partial charge on any atom is 0.120 e. The van der Waals surface area contributed by atoms with Gasteiger partial charge in [0.05, 0.1) is 13.1 Å². The van der Waals surface area contributed by atoms with Crippen molar-refractivity contribution in [2.75, 3.05) is 33.7 Å². The molecule has 0 bridgehead atoms. The number of nitrogens with zero attached hydrogens (tertiary/aromatic N) is 2. The molecule has 1 unspecified atom stereocenters. The zero-order valence-electron chi connectivity index (χ0n) is 13.4. The van der Waals surface area contributed by atoms with Crippen LogP contribution >= 0.6 is 0 Å². The van der Waals surface area contributed by atoms with E-state index >= 15 is 0 Å². The second-order valence-corrected chi connectivity index (χ2v) is 6.09. The third kappa shape index (κ3) is 4.08. The molecule has 2 rings (SSSR count). The molecular formula is C16H29N3O. The summed E-state index contributed by atoms with van der Waals surface area (Å²) in [5, 5.41) is 3.33. The first-order valence-corrected chi connectivity index (χ1v) is 7.77. The summed E-state index contributed by atoms with van der Waals surface area (Å²) in [6.07, 6.45) is 2.60. The fourth-order valence-electron chi connectivity index (χ4n) is 2.90. The van der Waals surface area contributed by atoms with Gasteiger partial charge in [0.15, 0.2) is 0 Å². The lowest BCUT2D eigenvalue weighted by Gasteiger charge is -2.35. The van der Waals surface area contributed by atoms with E-state index in [0.29, 0.717) is 6.04 Å². The third-order valence-electron chi connectivity index (χ3n) is 4.20. The summed E-state index contributed by atoms with van der Waals surface area (Å²) in [7, 11) is 4.36. The molecule has 0 amide bonds. The molecule has 1 aliphatic rings. The Balaban J connectivity index is 1.92. The maximum absolute atomic E-state index is 6.00. The average Bonchev–Trinajstić information content (AvgIpc) is 2.76. The van der Waals surface area contributed by atoms with Crippen molar-refractivity contribution in [2.45, 2.75) is 45.8 Å². The number of nitrogens with one attached hydrogen (secondary N) is 1. The van der Waals surface area contributed by atoms with Crippen molar-refractivity contribution in [1.29, 1.82) is 0 Å². The van der Waals surface area contributed by atoms with Gasteiger partial charge >= 0.3 is 0 Å². The number of likely N-dealkylation sites (tertiary alicyclic amines) is 1. The molecule has 114 valence electrons. The average molecular weight is 279 g/mol. The molecule has 0 spiro atoms. The van der Waals surface area contributed by atoms with E-state index in [1.807, 2.05) is 0 Å². The molecule has 0 aliphatic carbocycles. The number of rotatable bonds is 6. The van der Waals surface area contributed by atoms with Crippen LogP contribution in [0.4, 0.5) is 0 Å². The zero-order valence-corrected chi connectivity index (χ0v) is 13.4. The Kier molecular flexibility index (Phi) is 5.64. The quantitative estimate of drug-likeness (QED) is 0.865. The van der Waals surface area contributed by atoms with Crippen LogP contribution in [0.15, 0.2) is 10.5 Å². The van der Waals surface area contributed by atoms with Gasteiger partial charge in [0.25, 0.3) is 0 Å². The number of furan rings is 1. The lowest BCUT2D eigenvalue weighted by atomic mass is 10.0. The standard InChI is InChI=1S/C16H29N3O/c1-5-17-10-16-13(2)9-15(20-16)12-19-8-6-7-14(11-19)18(3)4/h9,14,17H,5-8,10-12H2,1-4H3. The van der Waals surface area contributed by atoms with Crippen LogP contribution in [0, 0.1) is 6.92 Å². The molecule has 1 saturated heterocycles. The van der Waals surface area contributed by atoms with Gasteiger partial charge in [-0.3, -0.25) is 4.90 Å². The number of hydrogen-bond donors (Lipinski definition) is 1. The van der Waals surface area contributed by atoms with Crippen LogP contribution in [0.2, 0.25) is 0 Å². The summed E-state index contributed by atoms with van der Waals surface area (Å²) in [4.78, 5) is 4.86. The Hall–Kier alpha value is -0.840. The van der Waals surface area contributed by atoms with E-state index in [1.165, 1.54) is 24.9 Å². The Morgan fingerprint density at radius 1 is 1.45 bits per heavy atom. The van der Waals surface area contributed by atoms with Gasteiger partial charge in [-0.2, -0.15) is 0 Å². The monoisotopic (exact) mass is 279 g/mol. The van der Waals surface area contributed by atoms with Crippen LogP contribution in [-0.2, 0) is 13.1 Å². The first-order chi connectivity index (χ1) is 9.60. The lowest BCUT2D eigenvalue weighted by Crippen LogP contribution is -2.44. The molecule has 0 radical (unpaired) electrons. The van der Waals surface area contributed by atoms with Gasteiger partial charge in [-0.1, -0.05) is 6.92 Å². The van der Waals surface area contributed by atoms with Gasteiger partial charge in [0.2, 0.25) is 0 Å². The lowest BCUT2D eigenvalue weighted by molar-refractivity contribution is 0.121. The summed E-state index contributed by atoms with van der Waals surface area (Å²) < 4.78 is 6.00. The highest BCUT2D eigenvalue weighted by molar-refractivity contribution is 5.20. The van der Waals surface area contributed by atoms with E-state index in [4.69, 9.17) is 4.42 Å². The van der Waals surface area contributed by atoms with Crippen LogP contribution in [0.3, 0.4) is 0 Å². The van der Waals surface area contributed by atoms with Gasteiger partial charge in [0.1, 0.15) is 11.5 Å². The highest BCUT2D eigenvalue weighted by atomic mass is 16.3. The van der Waals surface area contributed by atoms with Crippen LogP contribution in [0.5, 0.6) is 0 Å². The van der Waals surface area contributed by atoms with Gasteiger partial charge in [-0.05, 0) is 58.6 Å². The van der Waals surface area contributed by atoms with Crippen LogP contribution in [0.25, 0.3) is 0 Å². The minimum atomic E-state index is 0.682. The van der Waals surface area contributed by atoms with E-state index < -0.39 is 0 Å². The summed E-state index contributed by atoms with van der Waals surface area (Å²) in [6.45, 7) is 9.35. The molecule has 1 fully saturated rings. The Labute approximate surface area is 123 Å². The number of likely N-dealkylation sites (N-methyl/N-ethyl adjacent to an activating group) is 1. The van der Waals surface area contributed by atoms with Crippen molar-refractivity contribution in [1.82, 2.24) is 15.1 Å². The van der Waals surface area contributed by atoms with Crippen molar-refractivity contribution in [3.63, 3.8) is 0 Å². The molecule has 20 heavy (non-hydrogen) atoms. The normalized spacial score (nSPS) is 20.8. The summed E-state index contributed by atoms with van der Waals surface area (Å²) in [6, 6.07) is 2.88. The van der Waals surface area contributed by atoms with Crippen molar-refractivity contribution in [3.05, 3.63) is 23.2 Å². The van der Waals surface area contributed by atoms with Crippen LogP contribution < -0.4 is 5.32 Å². The van der Waals surface area contributed by atoms with Gasteiger partial charge in [0, 0.05) is 12.6 Å². The molecule has 2 heterocycles. The minimum absolute atomic E-state index is 0.682. The molecule has 0 aromatic carbocycles. The van der Waals surface area contributed by atoms with Crippen LogP contribution in [0.1, 0.15) is 36.8 Å². The molecule has 0 saturated carbocycles. The summed E-state index contributed by atoms with van der Waals surface area (Å²) in [5.74, 6) is 2.19. The summed E-state index contributed by atoms with van der Waals surface area (Å²) >= 11 is 0. The highest BCUT2D eigenvalue weighted by Gasteiger charge is 2.22. The van der Waals surface area contributed by atoms with Gasteiger partial charge in [-0.15, -0.1) is 0 Å². The topological polar surface area (TPSA) is 31.7 Å². The van der Waals surface area contributed by atoms with Crippen LogP contribution in [-0.4, -0.2) is 49.6 Å². The number of hydrogen-bond acceptors (Lipinski definition) is 4. The third-order valence-corrected chi connectivity index (χ3v) is 4.20. The van der Waals surface area contributed by atoms with E-state index in [9.17, 15) is 0 Å². The molecule has 1 aromatic rings. The summed E-state index contributed by atoms with van der Waals surface area (Å²) in [5.41, 5.74) is 1.27. The van der Waals surface area contributed by atoms with Gasteiger partial charge < -0.3 is 14.6 Å². The molecule has 1 atom stereocenters. The van der Waals surface area contributed by atoms with Gasteiger partial charge in [-0.25, -0.2) is 0 Å². The van der Waals surface area contributed by atoms with E-state index in [-0.39, 0.29) is 0 Å². The maximum atomic E-state index is 6.00. The smallest absolute Gasteiger partial charge is 0.120 e. The predicted octanol–water partition coefficient (Wildman–Crippen LogP) is 2.22. The number of piperidine rings is 1. The molecule has 1 aromatic heterocycles. The Bertz CT molecular complexity index is 414. The molecular weight excluding hydrogens is 250 g/mol. The van der Waals surface area contributed by atoms with Crippen molar-refractivity contribution in [3.8, 4) is 0 Å². The largest absolute Gasteiger partial charge is 0.463 e. The fourth-order valence-corrected chi connectivity index (χ4v) is 2.90. The minimum Gasteiger partial charge on any atom is -0.463 e.